The fourth-order valence-electron chi connectivity index (χ4n) is 3.09. The van der Waals surface area contributed by atoms with Gasteiger partial charge in [-0.3, -0.25) is 0 Å². The van der Waals surface area contributed by atoms with E-state index in [9.17, 15) is 4.57 Å². The van der Waals surface area contributed by atoms with E-state index in [-0.39, 0.29) is 0 Å². The van der Waals surface area contributed by atoms with Crippen LogP contribution in [-0.4, -0.2) is 16.1 Å². The molecule has 0 aliphatic heterocycles. The van der Waals surface area contributed by atoms with Crippen LogP contribution in [0, 0.1) is 0 Å². The van der Waals surface area contributed by atoms with Gasteiger partial charge in [0.2, 0.25) is 0 Å². The quantitative estimate of drug-likeness (QED) is 0.229. The summed E-state index contributed by atoms with van der Waals surface area (Å²) in [6.07, 6.45) is 0. The zero-order valence-corrected chi connectivity index (χ0v) is 21.9. The Bertz CT molecular complexity index is 980. The molecule has 5 heteroatoms. The van der Waals surface area contributed by atoms with E-state index in [0.29, 0.717) is 0 Å². The SMILES string of the molecule is O=P(c1ccccc1)(c1ccccc1)c1ccccc1.[CH3][Sn]([Cl])([Cl])[c]1ccccc1. The first-order valence-corrected chi connectivity index (χ1v) is 22.8. The van der Waals surface area contributed by atoms with Gasteiger partial charge in [-0.15, -0.1) is 0 Å². The summed E-state index contributed by atoms with van der Waals surface area (Å²) in [4.78, 5) is 1.97. The maximum atomic E-state index is 13.8. The molecule has 0 unspecified atom stereocenters. The predicted molar refractivity (Wildman–Crippen MR) is 135 cm³/mol. The average molecular weight is 560 g/mol. The van der Waals surface area contributed by atoms with E-state index in [0.717, 1.165) is 19.5 Å². The Hall–Kier alpha value is -1.51. The Kier molecular flexibility index (Phi) is 8.25. The van der Waals surface area contributed by atoms with Gasteiger partial charge in [0, 0.05) is 15.9 Å². The van der Waals surface area contributed by atoms with Gasteiger partial charge in [0.05, 0.1) is 0 Å². The number of hydrogen-bond donors (Lipinski definition) is 0. The van der Waals surface area contributed by atoms with Gasteiger partial charge in [-0.1, -0.05) is 91.0 Å². The molecule has 0 N–H and O–H groups in total. The van der Waals surface area contributed by atoms with E-state index in [2.05, 4.69) is 0 Å². The fourth-order valence-corrected chi connectivity index (χ4v) is 9.67. The second kappa shape index (κ2) is 10.7. The van der Waals surface area contributed by atoms with Crippen LogP contribution in [0.2, 0.25) is 4.94 Å². The molecule has 0 saturated carbocycles. The van der Waals surface area contributed by atoms with Crippen molar-refractivity contribution in [2.75, 3.05) is 0 Å². The summed E-state index contributed by atoms with van der Waals surface area (Å²) in [6.45, 7) is 0. The molecule has 0 radical (unpaired) electrons. The summed E-state index contributed by atoms with van der Waals surface area (Å²) in [5, 5.41) is 2.62. The first kappa shape index (κ1) is 23.2. The van der Waals surface area contributed by atoms with E-state index in [1.54, 1.807) is 0 Å². The molecule has 0 aliphatic rings. The third-order valence-electron chi connectivity index (χ3n) is 4.64. The number of hydrogen-bond acceptors (Lipinski definition) is 1. The molecular weight excluding hydrogens is 537 g/mol. The Balaban J connectivity index is 0.000000216. The van der Waals surface area contributed by atoms with Crippen LogP contribution in [0.4, 0.5) is 0 Å². The minimum absolute atomic E-state index is 0.873. The molecule has 152 valence electrons. The fraction of sp³-hybridized carbons (Fsp3) is 0.0400. The van der Waals surface area contributed by atoms with Crippen molar-refractivity contribution in [3.63, 3.8) is 0 Å². The summed E-state index contributed by atoms with van der Waals surface area (Å²) in [5.41, 5.74) is 0. The van der Waals surface area contributed by atoms with Crippen molar-refractivity contribution in [2.45, 2.75) is 4.94 Å². The first-order chi connectivity index (χ1) is 14.4. The molecule has 0 saturated heterocycles. The molecule has 0 aliphatic carbocycles. The zero-order valence-electron chi connectivity index (χ0n) is 16.7. The van der Waals surface area contributed by atoms with Crippen molar-refractivity contribution in [2.24, 2.45) is 0 Å². The second-order valence-electron chi connectivity index (χ2n) is 6.87. The third kappa shape index (κ3) is 5.80. The normalized spacial score (nSPS) is 11.3. The van der Waals surface area contributed by atoms with Crippen molar-refractivity contribution in [3.8, 4) is 0 Å². The van der Waals surface area contributed by atoms with Crippen molar-refractivity contribution in [1.82, 2.24) is 0 Å². The van der Waals surface area contributed by atoms with E-state index in [4.69, 9.17) is 17.8 Å². The van der Waals surface area contributed by atoms with Gasteiger partial charge in [0.1, 0.15) is 0 Å². The molecule has 4 aromatic rings. The van der Waals surface area contributed by atoms with Crippen molar-refractivity contribution in [3.05, 3.63) is 121 Å². The Morgan fingerprint density at radius 1 is 0.533 bits per heavy atom. The van der Waals surface area contributed by atoms with Crippen LogP contribution in [-0.2, 0) is 4.57 Å². The molecular formula is C25H23Cl2OPSn. The van der Waals surface area contributed by atoms with Crippen molar-refractivity contribution in [1.29, 1.82) is 0 Å². The monoisotopic (exact) mass is 560 g/mol. The Morgan fingerprint density at radius 3 is 1.03 bits per heavy atom. The topological polar surface area (TPSA) is 17.1 Å². The van der Waals surface area contributed by atoms with Crippen molar-refractivity contribution < 1.29 is 4.57 Å². The van der Waals surface area contributed by atoms with E-state index >= 15 is 0 Å². The molecule has 30 heavy (non-hydrogen) atoms. The van der Waals surface area contributed by atoms with Gasteiger partial charge in [0.15, 0.2) is 7.14 Å². The molecule has 0 bridgehead atoms. The van der Waals surface area contributed by atoms with Crippen molar-refractivity contribution >= 4 is 60.6 Å². The molecule has 1 nitrogen and oxygen atoms in total. The first-order valence-electron chi connectivity index (χ1n) is 9.62. The Morgan fingerprint density at radius 2 is 0.800 bits per heavy atom. The molecule has 0 heterocycles. The molecule has 0 atom stereocenters. The molecule has 0 aromatic heterocycles. The number of rotatable bonds is 4. The van der Waals surface area contributed by atoms with E-state index < -0.39 is 23.3 Å². The Labute approximate surface area is 190 Å². The van der Waals surface area contributed by atoms with Crippen LogP contribution in [0.3, 0.4) is 0 Å². The standard InChI is InChI=1S/C18H15OP.C6H5.CH3.2ClH.Sn/c19-20(16-10-4-1-5-11-16,17-12-6-2-7-13-17)18-14-8-3-9-15-18;1-2-4-6-5-3-1;;;;/h1-15H;1-5H;1H3;2*1H;/q;;;;;+2/p-2. The van der Waals surface area contributed by atoms with Gasteiger partial charge >= 0.3 is 72.8 Å². The summed E-state index contributed by atoms with van der Waals surface area (Å²) in [7, 11) is 9.29. The van der Waals surface area contributed by atoms with Crippen LogP contribution >= 0.6 is 25.0 Å². The van der Waals surface area contributed by atoms with Crippen LogP contribution in [0.5, 0.6) is 0 Å². The number of halogens is 2. The van der Waals surface area contributed by atoms with Gasteiger partial charge in [-0.05, 0) is 0 Å². The summed E-state index contributed by atoms with van der Waals surface area (Å²) in [6, 6.07) is 39.0. The maximum absolute atomic E-state index is 13.8. The molecule has 0 spiro atoms. The van der Waals surface area contributed by atoms with Crippen LogP contribution < -0.4 is 19.5 Å². The molecule has 4 aromatic carbocycles. The molecule has 0 fully saturated rings. The van der Waals surface area contributed by atoms with E-state index in [1.165, 1.54) is 0 Å². The number of benzene rings is 4. The predicted octanol–water partition coefficient (Wildman–Crippen LogP) is 5.77. The minimum atomic E-state index is -2.78. The second-order valence-corrected chi connectivity index (χ2v) is 27.8. The van der Waals surface area contributed by atoms with Crippen LogP contribution in [0.1, 0.15) is 0 Å². The molecule has 4 rings (SSSR count). The van der Waals surface area contributed by atoms with Gasteiger partial charge in [0.25, 0.3) is 0 Å². The van der Waals surface area contributed by atoms with Gasteiger partial charge in [-0.2, -0.15) is 0 Å². The van der Waals surface area contributed by atoms with Crippen LogP contribution in [0.15, 0.2) is 121 Å². The van der Waals surface area contributed by atoms with Gasteiger partial charge in [-0.25, -0.2) is 0 Å². The summed E-state index contributed by atoms with van der Waals surface area (Å²) in [5.74, 6) is 0. The summed E-state index contributed by atoms with van der Waals surface area (Å²) >= 11 is -2.77. The third-order valence-corrected chi connectivity index (χ3v) is 14.5. The van der Waals surface area contributed by atoms with E-state index in [1.807, 2.05) is 126 Å². The average Bonchev–Trinajstić information content (AvgIpc) is 2.81. The molecule has 0 amide bonds. The van der Waals surface area contributed by atoms with Crippen LogP contribution in [0.25, 0.3) is 0 Å². The zero-order chi connectivity index (χ0) is 21.5. The summed E-state index contributed by atoms with van der Waals surface area (Å²) < 4.78 is 15.0. The van der Waals surface area contributed by atoms with Gasteiger partial charge < -0.3 is 4.57 Å².